The Morgan fingerprint density at radius 3 is 2.88 bits per heavy atom. The lowest BCUT2D eigenvalue weighted by Crippen LogP contribution is -2.45. The van der Waals surface area contributed by atoms with E-state index in [-0.39, 0.29) is 5.60 Å². The first-order chi connectivity index (χ1) is 8.13. The second kappa shape index (κ2) is 5.21. The van der Waals surface area contributed by atoms with Crippen molar-refractivity contribution >= 4 is 5.71 Å². The number of hydrazone groups is 1. The molecule has 3 nitrogen and oxygen atoms in total. The summed E-state index contributed by atoms with van der Waals surface area (Å²) in [7, 11) is 1.80. The summed E-state index contributed by atoms with van der Waals surface area (Å²) < 4.78 is 5.61. The van der Waals surface area contributed by atoms with Gasteiger partial charge in [-0.15, -0.1) is 0 Å². The first kappa shape index (κ1) is 12.6. The van der Waals surface area contributed by atoms with Gasteiger partial charge in [-0.25, -0.2) is 0 Å². The number of nitrogens with zero attached hydrogens (tertiary/aromatic N) is 2. The van der Waals surface area contributed by atoms with E-state index in [2.05, 4.69) is 31.0 Å². The van der Waals surface area contributed by atoms with Crippen molar-refractivity contribution in [3.05, 3.63) is 12.2 Å². The second-order valence-corrected chi connectivity index (χ2v) is 5.51. The van der Waals surface area contributed by atoms with E-state index in [0.29, 0.717) is 6.04 Å². The number of rotatable bonds is 3. The second-order valence-electron chi connectivity index (χ2n) is 5.51. The molecule has 1 aliphatic heterocycles. The third kappa shape index (κ3) is 2.89. The molecule has 0 radical (unpaired) electrons. The molecular formula is C14H24N2O. The van der Waals surface area contributed by atoms with E-state index in [9.17, 15) is 0 Å². The predicted molar refractivity (Wildman–Crippen MR) is 71.2 cm³/mol. The van der Waals surface area contributed by atoms with Gasteiger partial charge < -0.3 is 4.74 Å². The first-order valence-corrected chi connectivity index (χ1v) is 6.69. The molecule has 1 aliphatic carbocycles. The number of ether oxygens (including phenoxy) is 1. The van der Waals surface area contributed by atoms with Gasteiger partial charge in [-0.3, -0.25) is 5.01 Å². The highest BCUT2D eigenvalue weighted by atomic mass is 16.5. The van der Waals surface area contributed by atoms with Crippen molar-refractivity contribution in [1.29, 1.82) is 0 Å². The van der Waals surface area contributed by atoms with Crippen molar-refractivity contribution in [3.8, 4) is 0 Å². The minimum absolute atomic E-state index is 0.112. The highest BCUT2D eigenvalue weighted by Gasteiger charge is 2.37. The predicted octanol–water partition coefficient (Wildman–Crippen LogP) is 2.97. The lowest BCUT2D eigenvalue weighted by atomic mass is 9.97. The van der Waals surface area contributed by atoms with Crippen LogP contribution in [0.25, 0.3) is 0 Å². The normalized spacial score (nSPS) is 28.1. The zero-order valence-corrected chi connectivity index (χ0v) is 11.3. The summed E-state index contributed by atoms with van der Waals surface area (Å²) in [4.78, 5) is 0. The summed E-state index contributed by atoms with van der Waals surface area (Å²) in [5.41, 5.74) is 1.12. The van der Waals surface area contributed by atoms with Gasteiger partial charge in [-0.1, -0.05) is 6.08 Å². The molecule has 0 aromatic carbocycles. The zero-order chi connectivity index (χ0) is 12.3. The SMILES string of the molecule is COC(C)(C)[C@@H]1CCCN1/N=C1\C=CCCC1. The maximum atomic E-state index is 5.61. The molecule has 0 spiro atoms. The van der Waals surface area contributed by atoms with Crippen LogP contribution < -0.4 is 0 Å². The molecule has 0 aromatic heterocycles. The Morgan fingerprint density at radius 2 is 2.24 bits per heavy atom. The molecule has 0 saturated carbocycles. The Morgan fingerprint density at radius 1 is 1.41 bits per heavy atom. The Labute approximate surface area is 105 Å². The summed E-state index contributed by atoms with van der Waals surface area (Å²) >= 11 is 0. The fourth-order valence-electron chi connectivity index (χ4n) is 2.67. The summed E-state index contributed by atoms with van der Waals surface area (Å²) in [6.45, 7) is 5.38. The van der Waals surface area contributed by atoms with E-state index in [0.717, 1.165) is 13.0 Å². The lowest BCUT2D eigenvalue weighted by molar-refractivity contribution is -0.0395. The van der Waals surface area contributed by atoms with Crippen molar-refractivity contribution in [1.82, 2.24) is 5.01 Å². The van der Waals surface area contributed by atoms with Crippen molar-refractivity contribution in [2.45, 2.75) is 57.6 Å². The first-order valence-electron chi connectivity index (χ1n) is 6.69. The number of allylic oxidation sites excluding steroid dienone is 2. The molecular weight excluding hydrogens is 212 g/mol. The standard InChI is InChI=1S/C14H24N2O/c1-14(2,17-3)13-10-7-11-16(13)15-12-8-5-4-6-9-12/h5,8,13H,4,6-7,9-11H2,1-3H3/b15-12+/t13-/m0/s1. The van der Waals surface area contributed by atoms with Crippen molar-refractivity contribution < 1.29 is 4.74 Å². The molecule has 0 aromatic rings. The molecule has 1 atom stereocenters. The molecule has 0 bridgehead atoms. The van der Waals surface area contributed by atoms with Crippen LogP contribution in [-0.2, 0) is 4.74 Å². The number of hydrogen-bond acceptors (Lipinski definition) is 3. The molecule has 96 valence electrons. The minimum Gasteiger partial charge on any atom is -0.377 e. The summed E-state index contributed by atoms with van der Waals surface area (Å²) in [6, 6.07) is 0.412. The largest absolute Gasteiger partial charge is 0.377 e. The van der Waals surface area contributed by atoms with Crippen molar-refractivity contribution in [2.75, 3.05) is 13.7 Å². The van der Waals surface area contributed by atoms with Crippen LogP contribution in [0, 0.1) is 0 Å². The molecule has 17 heavy (non-hydrogen) atoms. The zero-order valence-electron chi connectivity index (χ0n) is 11.3. The maximum absolute atomic E-state index is 5.61. The van der Waals surface area contributed by atoms with Crippen molar-refractivity contribution in [2.24, 2.45) is 5.10 Å². The van der Waals surface area contributed by atoms with Gasteiger partial charge in [0.15, 0.2) is 0 Å². The van der Waals surface area contributed by atoms with Gasteiger partial charge in [0.1, 0.15) is 0 Å². The lowest BCUT2D eigenvalue weighted by Gasteiger charge is -2.35. The van der Waals surface area contributed by atoms with E-state index in [1.54, 1.807) is 7.11 Å². The van der Waals surface area contributed by atoms with E-state index in [1.165, 1.54) is 31.4 Å². The summed E-state index contributed by atoms with van der Waals surface area (Å²) in [6.07, 6.45) is 10.4. The van der Waals surface area contributed by atoms with Gasteiger partial charge in [0.25, 0.3) is 0 Å². The topological polar surface area (TPSA) is 24.8 Å². The molecule has 2 rings (SSSR count). The molecule has 3 heteroatoms. The highest BCUT2D eigenvalue weighted by Crippen LogP contribution is 2.29. The maximum Gasteiger partial charge on any atom is 0.0841 e. The molecule has 1 fully saturated rings. The monoisotopic (exact) mass is 236 g/mol. The van der Waals surface area contributed by atoms with Crippen LogP contribution in [0.3, 0.4) is 0 Å². The highest BCUT2D eigenvalue weighted by molar-refractivity contribution is 5.95. The van der Waals surface area contributed by atoms with Gasteiger partial charge in [0, 0.05) is 13.7 Å². The molecule has 2 aliphatic rings. The van der Waals surface area contributed by atoms with Gasteiger partial charge >= 0.3 is 0 Å². The smallest absolute Gasteiger partial charge is 0.0841 e. The number of methoxy groups -OCH3 is 1. The Kier molecular flexibility index (Phi) is 3.87. The van der Waals surface area contributed by atoms with E-state index in [4.69, 9.17) is 9.84 Å². The van der Waals surface area contributed by atoms with E-state index >= 15 is 0 Å². The van der Waals surface area contributed by atoms with Crippen LogP contribution in [0.15, 0.2) is 17.3 Å². The van der Waals surface area contributed by atoms with Gasteiger partial charge in [0.05, 0.1) is 17.4 Å². The van der Waals surface area contributed by atoms with E-state index in [1.807, 2.05) is 0 Å². The van der Waals surface area contributed by atoms with Crippen LogP contribution >= 0.6 is 0 Å². The van der Waals surface area contributed by atoms with Gasteiger partial charge in [0.2, 0.25) is 0 Å². The Balaban J connectivity index is 2.09. The van der Waals surface area contributed by atoms with Crippen LogP contribution in [0.4, 0.5) is 0 Å². The van der Waals surface area contributed by atoms with Crippen LogP contribution in [0.1, 0.15) is 46.0 Å². The van der Waals surface area contributed by atoms with E-state index < -0.39 is 0 Å². The van der Waals surface area contributed by atoms with Crippen LogP contribution in [0.2, 0.25) is 0 Å². The van der Waals surface area contributed by atoms with Gasteiger partial charge in [-0.2, -0.15) is 5.10 Å². The average molecular weight is 236 g/mol. The molecule has 1 heterocycles. The minimum atomic E-state index is -0.112. The van der Waals surface area contributed by atoms with Gasteiger partial charge in [-0.05, 0) is 52.0 Å². The average Bonchev–Trinajstić information content (AvgIpc) is 2.79. The molecule has 0 N–H and O–H groups in total. The quantitative estimate of drug-likeness (QED) is 0.752. The summed E-state index contributed by atoms with van der Waals surface area (Å²) in [5, 5.41) is 7.06. The third-order valence-electron chi connectivity index (χ3n) is 3.92. The third-order valence-corrected chi connectivity index (χ3v) is 3.92. The summed E-state index contributed by atoms with van der Waals surface area (Å²) in [5.74, 6) is 0. The Hall–Kier alpha value is -0.830. The molecule has 1 saturated heterocycles. The van der Waals surface area contributed by atoms with Crippen LogP contribution in [0.5, 0.6) is 0 Å². The van der Waals surface area contributed by atoms with Crippen LogP contribution in [-0.4, -0.2) is 36.0 Å². The fraction of sp³-hybridized carbons (Fsp3) is 0.786. The fourth-order valence-corrected chi connectivity index (χ4v) is 2.67. The molecule has 0 unspecified atom stereocenters. The Bertz CT molecular complexity index is 320. The number of hydrogen-bond donors (Lipinski definition) is 0. The van der Waals surface area contributed by atoms with Crippen molar-refractivity contribution in [3.63, 3.8) is 0 Å². The molecule has 0 amide bonds.